The van der Waals surface area contributed by atoms with E-state index in [0.717, 1.165) is 30.8 Å². The summed E-state index contributed by atoms with van der Waals surface area (Å²) in [5.41, 5.74) is 3.54. The molecule has 0 aliphatic carbocycles. The van der Waals surface area contributed by atoms with Crippen molar-refractivity contribution in [3.8, 4) is 6.07 Å². The van der Waals surface area contributed by atoms with Gasteiger partial charge in [0.15, 0.2) is 0 Å². The fraction of sp³-hybridized carbons (Fsp3) is 0.474. The summed E-state index contributed by atoms with van der Waals surface area (Å²) in [5.74, 6) is 1.54. The lowest BCUT2D eigenvalue weighted by Crippen LogP contribution is -2.24. The van der Waals surface area contributed by atoms with Crippen molar-refractivity contribution in [1.29, 1.82) is 5.26 Å². The number of aromatic nitrogens is 1. The molecule has 0 amide bonds. The first-order chi connectivity index (χ1) is 10.6. The van der Waals surface area contributed by atoms with Gasteiger partial charge in [0.05, 0.1) is 11.6 Å². The highest BCUT2D eigenvalue weighted by Gasteiger charge is 2.12. The Balaban J connectivity index is 2.57. The third-order valence-corrected chi connectivity index (χ3v) is 4.13. The lowest BCUT2D eigenvalue weighted by molar-refractivity contribution is 0.832. The first kappa shape index (κ1) is 16.3. The molecule has 0 atom stereocenters. The molecular formula is C19H25N3. The molecule has 0 spiro atoms. The average molecular weight is 295 g/mol. The molecule has 0 saturated carbocycles. The summed E-state index contributed by atoms with van der Waals surface area (Å²) in [6.07, 6.45) is 1.29. The molecule has 0 aliphatic rings. The maximum Gasteiger partial charge on any atom is 0.132 e. The third kappa shape index (κ3) is 3.39. The predicted octanol–water partition coefficient (Wildman–Crippen LogP) is 4.66. The van der Waals surface area contributed by atoms with E-state index in [9.17, 15) is 0 Å². The lowest BCUT2D eigenvalue weighted by Gasteiger charge is -2.23. The van der Waals surface area contributed by atoms with Gasteiger partial charge in [0.2, 0.25) is 0 Å². The SMILES string of the molecule is CCN(CC)c1nc2ccc(C(C)C)cc2cc1CCC#N. The van der Waals surface area contributed by atoms with Crippen molar-refractivity contribution in [3.05, 3.63) is 35.4 Å². The van der Waals surface area contributed by atoms with E-state index in [1.807, 2.05) is 0 Å². The van der Waals surface area contributed by atoms with Gasteiger partial charge in [0, 0.05) is 24.9 Å². The minimum Gasteiger partial charge on any atom is -0.357 e. The Bertz CT molecular complexity index is 679. The van der Waals surface area contributed by atoms with Crippen LogP contribution in [0, 0.1) is 11.3 Å². The molecule has 0 radical (unpaired) electrons. The van der Waals surface area contributed by atoms with Crippen LogP contribution in [0.25, 0.3) is 10.9 Å². The molecule has 2 aromatic rings. The molecule has 1 aromatic heterocycles. The van der Waals surface area contributed by atoms with Crippen molar-refractivity contribution in [2.75, 3.05) is 18.0 Å². The van der Waals surface area contributed by atoms with Gasteiger partial charge in [-0.1, -0.05) is 19.9 Å². The summed E-state index contributed by atoms with van der Waals surface area (Å²) in [4.78, 5) is 7.15. The standard InChI is InChI=1S/C19H25N3/c1-5-22(6-2)19-16(8-7-11-20)13-17-12-15(14(3)4)9-10-18(17)21-19/h9-10,12-14H,5-8H2,1-4H3. The van der Waals surface area contributed by atoms with Crippen LogP contribution in [0.1, 0.15) is 51.2 Å². The molecule has 0 aliphatic heterocycles. The van der Waals surface area contributed by atoms with E-state index in [4.69, 9.17) is 10.2 Å². The minimum atomic E-state index is 0.509. The number of benzene rings is 1. The van der Waals surface area contributed by atoms with E-state index in [1.165, 1.54) is 16.5 Å². The molecule has 0 unspecified atom stereocenters. The normalized spacial score (nSPS) is 10.9. The highest BCUT2D eigenvalue weighted by atomic mass is 15.2. The van der Waals surface area contributed by atoms with Gasteiger partial charge in [-0.25, -0.2) is 4.98 Å². The molecule has 3 heteroatoms. The zero-order valence-electron chi connectivity index (χ0n) is 14.1. The number of anilines is 1. The van der Waals surface area contributed by atoms with E-state index in [0.29, 0.717) is 12.3 Å². The average Bonchev–Trinajstić information content (AvgIpc) is 2.53. The van der Waals surface area contributed by atoms with Gasteiger partial charge in [0.1, 0.15) is 5.82 Å². The Morgan fingerprint density at radius 3 is 2.50 bits per heavy atom. The summed E-state index contributed by atoms with van der Waals surface area (Å²) in [7, 11) is 0. The Kier molecular flexibility index (Phi) is 5.38. The fourth-order valence-corrected chi connectivity index (χ4v) is 2.76. The van der Waals surface area contributed by atoms with E-state index < -0.39 is 0 Å². The summed E-state index contributed by atoms with van der Waals surface area (Å²) < 4.78 is 0. The van der Waals surface area contributed by atoms with Crippen LogP contribution in [-0.2, 0) is 6.42 Å². The first-order valence-electron chi connectivity index (χ1n) is 8.16. The monoisotopic (exact) mass is 295 g/mol. The van der Waals surface area contributed by atoms with Gasteiger partial charge in [-0.3, -0.25) is 0 Å². The van der Waals surface area contributed by atoms with E-state index in [2.05, 4.69) is 62.9 Å². The maximum atomic E-state index is 8.92. The Morgan fingerprint density at radius 2 is 1.91 bits per heavy atom. The molecule has 22 heavy (non-hydrogen) atoms. The molecule has 2 rings (SSSR count). The Morgan fingerprint density at radius 1 is 1.18 bits per heavy atom. The van der Waals surface area contributed by atoms with Crippen molar-refractivity contribution in [2.45, 2.75) is 46.5 Å². The van der Waals surface area contributed by atoms with E-state index in [-0.39, 0.29) is 0 Å². The molecule has 1 heterocycles. The predicted molar refractivity (Wildman–Crippen MR) is 93.3 cm³/mol. The molecule has 3 nitrogen and oxygen atoms in total. The number of nitriles is 1. The van der Waals surface area contributed by atoms with Gasteiger partial charge in [-0.2, -0.15) is 5.26 Å². The summed E-state index contributed by atoms with van der Waals surface area (Å²) >= 11 is 0. The van der Waals surface area contributed by atoms with Crippen LogP contribution in [0.4, 0.5) is 5.82 Å². The summed E-state index contributed by atoms with van der Waals surface area (Å²) in [5, 5.41) is 10.1. The van der Waals surface area contributed by atoms with E-state index >= 15 is 0 Å². The number of rotatable bonds is 6. The van der Waals surface area contributed by atoms with Crippen molar-refractivity contribution in [1.82, 2.24) is 4.98 Å². The van der Waals surface area contributed by atoms with Crippen LogP contribution >= 0.6 is 0 Å². The Hall–Kier alpha value is -2.08. The second-order valence-electron chi connectivity index (χ2n) is 5.91. The summed E-state index contributed by atoms with van der Waals surface area (Å²) in [6.45, 7) is 10.6. The Labute approximate surface area is 133 Å². The van der Waals surface area contributed by atoms with Gasteiger partial charge < -0.3 is 4.90 Å². The first-order valence-corrected chi connectivity index (χ1v) is 8.16. The zero-order chi connectivity index (χ0) is 16.1. The smallest absolute Gasteiger partial charge is 0.132 e. The van der Waals surface area contributed by atoms with Crippen LogP contribution in [0.15, 0.2) is 24.3 Å². The minimum absolute atomic E-state index is 0.509. The lowest BCUT2D eigenvalue weighted by atomic mass is 9.99. The highest BCUT2D eigenvalue weighted by Crippen LogP contribution is 2.27. The van der Waals surface area contributed by atoms with Crippen LogP contribution < -0.4 is 4.90 Å². The van der Waals surface area contributed by atoms with Crippen molar-refractivity contribution in [3.63, 3.8) is 0 Å². The molecule has 1 aromatic carbocycles. The topological polar surface area (TPSA) is 39.9 Å². The number of hydrogen-bond donors (Lipinski definition) is 0. The van der Waals surface area contributed by atoms with Crippen molar-refractivity contribution in [2.24, 2.45) is 0 Å². The van der Waals surface area contributed by atoms with Crippen LogP contribution in [0.3, 0.4) is 0 Å². The van der Waals surface area contributed by atoms with Gasteiger partial charge >= 0.3 is 0 Å². The zero-order valence-corrected chi connectivity index (χ0v) is 14.1. The number of hydrogen-bond acceptors (Lipinski definition) is 3. The number of aryl methyl sites for hydroxylation is 1. The molecular weight excluding hydrogens is 270 g/mol. The summed E-state index contributed by atoms with van der Waals surface area (Å²) in [6, 6.07) is 11.0. The number of fused-ring (bicyclic) bond motifs is 1. The van der Waals surface area contributed by atoms with E-state index in [1.54, 1.807) is 0 Å². The van der Waals surface area contributed by atoms with Gasteiger partial charge in [0.25, 0.3) is 0 Å². The third-order valence-electron chi connectivity index (χ3n) is 4.13. The second kappa shape index (κ2) is 7.26. The molecule has 0 N–H and O–H groups in total. The number of nitrogens with zero attached hydrogens (tertiary/aromatic N) is 3. The van der Waals surface area contributed by atoms with Crippen molar-refractivity contribution >= 4 is 16.7 Å². The number of pyridine rings is 1. The molecule has 0 saturated heterocycles. The molecule has 116 valence electrons. The quantitative estimate of drug-likeness (QED) is 0.778. The maximum absolute atomic E-state index is 8.92. The van der Waals surface area contributed by atoms with Gasteiger partial charge in [-0.05, 0) is 55.5 Å². The van der Waals surface area contributed by atoms with Gasteiger partial charge in [-0.15, -0.1) is 0 Å². The second-order valence-corrected chi connectivity index (χ2v) is 5.91. The van der Waals surface area contributed by atoms with Crippen LogP contribution in [-0.4, -0.2) is 18.1 Å². The highest BCUT2D eigenvalue weighted by molar-refractivity contribution is 5.82. The van der Waals surface area contributed by atoms with Crippen LogP contribution in [0.5, 0.6) is 0 Å². The fourth-order valence-electron chi connectivity index (χ4n) is 2.76. The van der Waals surface area contributed by atoms with Crippen molar-refractivity contribution < 1.29 is 0 Å². The van der Waals surface area contributed by atoms with Crippen LogP contribution in [0.2, 0.25) is 0 Å². The molecule has 0 bridgehead atoms. The molecule has 0 fully saturated rings. The largest absolute Gasteiger partial charge is 0.357 e.